The summed E-state index contributed by atoms with van der Waals surface area (Å²) in [4.78, 5) is 23.8. The zero-order valence-electron chi connectivity index (χ0n) is 11.5. The normalized spacial score (nSPS) is 10.4. The lowest BCUT2D eigenvalue weighted by atomic mass is 10.3. The van der Waals surface area contributed by atoms with Gasteiger partial charge in [-0.1, -0.05) is 25.1 Å². The maximum Gasteiger partial charge on any atom is 0.331 e. The summed E-state index contributed by atoms with van der Waals surface area (Å²) in [5.74, 6) is 0.727. The molecule has 1 heterocycles. The predicted octanol–water partition coefficient (Wildman–Crippen LogP) is 1.50. The summed E-state index contributed by atoms with van der Waals surface area (Å²) >= 11 is 0. The van der Waals surface area contributed by atoms with Crippen LogP contribution in [0.15, 0.2) is 52.2 Å². The molecule has 0 atom stereocenters. The molecule has 0 N–H and O–H groups in total. The molecule has 1 aromatic heterocycles. The minimum absolute atomic E-state index is 0.247. The Morgan fingerprint density at radius 3 is 2.50 bits per heavy atom. The molecule has 1 aromatic carbocycles. The van der Waals surface area contributed by atoms with Crippen LogP contribution in [-0.2, 0) is 13.1 Å². The molecule has 0 radical (unpaired) electrons. The average Bonchev–Trinajstić information content (AvgIpc) is 2.47. The molecule has 106 valence electrons. The fourth-order valence-corrected chi connectivity index (χ4v) is 1.95. The van der Waals surface area contributed by atoms with Gasteiger partial charge in [0.25, 0.3) is 5.56 Å². The Morgan fingerprint density at radius 1 is 1.05 bits per heavy atom. The molecule has 5 nitrogen and oxygen atoms in total. The SMILES string of the molecule is CCCn1ccc(=O)n(CCOc2ccccc2)c1=O. The zero-order chi connectivity index (χ0) is 14.4. The van der Waals surface area contributed by atoms with E-state index in [1.54, 1.807) is 10.8 Å². The van der Waals surface area contributed by atoms with Crippen LogP contribution in [0.1, 0.15) is 13.3 Å². The van der Waals surface area contributed by atoms with Gasteiger partial charge in [-0.15, -0.1) is 0 Å². The third kappa shape index (κ3) is 3.38. The summed E-state index contributed by atoms with van der Waals surface area (Å²) in [5, 5.41) is 0. The number of aryl methyl sites for hydroxylation is 1. The van der Waals surface area contributed by atoms with Gasteiger partial charge in [0.15, 0.2) is 0 Å². The largest absolute Gasteiger partial charge is 0.492 e. The number of aromatic nitrogens is 2. The number of hydrogen-bond acceptors (Lipinski definition) is 3. The number of para-hydroxylation sites is 1. The van der Waals surface area contributed by atoms with E-state index >= 15 is 0 Å². The Morgan fingerprint density at radius 2 is 1.80 bits per heavy atom. The average molecular weight is 274 g/mol. The Balaban J connectivity index is 2.07. The summed E-state index contributed by atoms with van der Waals surface area (Å²) in [6.45, 7) is 3.13. The highest BCUT2D eigenvalue weighted by Gasteiger charge is 2.04. The van der Waals surface area contributed by atoms with Gasteiger partial charge in [0.1, 0.15) is 12.4 Å². The number of hydrogen-bond donors (Lipinski definition) is 0. The van der Waals surface area contributed by atoms with Crippen molar-refractivity contribution in [1.82, 2.24) is 9.13 Å². The summed E-state index contributed by atoms with van der Waals surface area (Å²) in [7, 11) is 0. The van der Waals surface area contributed by atoms with Crippen LogP contribution in [0.4, 0.5) is 0 Å². The van der Waals surface area contributed by atoms with Crippen molar-refractivity contribution in [3.8, 4) is 5.75 Å². The van der Waals surface area contributed by atoms with E-state index in [0.717, 1.165) is 12.2 Å². The molecule has 0 amide bonds. The van der Waals surface area contributed by atoms with Gasteiger partial charge in [-0.25, -0.2) is 4.79 Å². The van der Waals surface area contributed by atoms with E-state index in [1.807, 2.05) is 37.3 Å². The molecule has 0 spiro atoms. The van der Waals surface area contributed by atoms with Crippen LogP contribution in [0.25, 0.3) is 0 Å². The van der Waals surface area contributed by atoms with Crippen LogP contribution in [0.2, 0.25) is 0 Å². The smallest absolute Gasteiger partial charge is 0.331 e. The monoisotopic (exact) mass is 274 g/mol. The van der Waals surface area contributed by atoms with Crippen molar-refractivity contribution in [2.24, 2.45) is 0 Å². The molecule has 0 bridgehead atoms. The van der Waals surface area contributed by atoms with Crippen molar-refractivity contribution >= 4 is 0 Å². The van der Waals surface area contributed by atoms with Gasteiger partial charge in [0.2, 0.25) is 0 Å². The minimum atomic E-state index is -0.293. The molecule has 5 heteroatoms. The topological polar surface area (TPSA) is 53.2 Å². The zero-order valence-corrected chi connectivity index (χ0v) is 11.5. The van der Waals surface area contributed by atoms with Crippen molar-refractivity contribution in [2.75, 3.05) is 6.61 Å². The van der Waals surface area contributed by atoms with Gasteiger partial charge in [0.05, 0.1) is 6.54 Å². The molecular formula is C15H18N2O3. The quantitative estimate of drug-likeness (QED) is 0.802. The molecule has 2 aromatic rings. The second kappa shape index (κ2) is 6.75. The van der Waals surface area contributed by atoms with Crippen LogP contribution in [0.3, 0.4) is 0 Å². The molecule has 0 unspecified atom stereocenters. The van der Waals surface area contributed by atoms with E-state index in [4.69, 9.17) is 4.74 Å². The standard InChI is InChI=1S/C15H18N2O3/c1-2-9-16-10-8-14(18)17(15(16)19)11-12-20-13-6-4-3-5-7-13/h3-8,10H,2,9,11-12H2,1H3. The first kappa shape index (κ1) is 14.1. The number of ether oxygens (including phenoxy) is 1. The Bertz CT molecular complexity index is 659. The van der Waals surface area contributed by atoms with Gasteiger partial charge in [-0.2, -0.15) is 0 Å². The fraction of sp³-hybridized carbons (Fsp3) is 0.333. The van der Waals surface area contributed by atoms with Gasteiger partial charge < -0.3 is 9.30 Å². The second-order valence-electron chi connectivity index (χ2n) is 4.44. The van der Waals surface area contributed by atoms with Crippen molar-refractivity contribution in [3.63, 3.8) is 0 Å². The lowest BCUT2D eigenvalue weighted by molar-refractivity contribution is 0.291. The maximum absolute atomic E-state index is 12.1. The minimum Gasteiger partial charge on any atom is -0.492 e. The number of rotatable bonds is 6. The van der Waals surface area contributed by atoms with E-state index in [2.05, 4.69) is 0 Å². The molecule has 0 saturated carbocycles. The van der Waals surface area contributed by atoms with E-state index in [1.165, 1.54) is 10.6 Å². The van der Waals surface area contributed by atoms with E-state index < -0.39 is 0 Å². The summed E-state index contributed by atoms with van der Waals surface area (Å²) in [6.07, 6.45) is 2.39. The van der Waals surface area contributed by atoms with E-state index in [-0.39, 0.29) is 24.4 Å². The molecule has 2 rings (SSSR count). The number of benzene rings is 1. The lowest BCUT2D eigenvalue weighted by Crippen LogP contribution is -2.40. The highest BCUT2D eigenvalue weighted by molar-refractivity contribution is 5.20. The Kier molecular flexibility index (Phi) is 4.76. The molecule has 0 saturated heterocycles. The van der Waals surface area contributed by atoms with Crippen LogP contribution < -0.4 is 16.0 Å². The molecule has 0 aliphatic heterocycles. The van der Waals surface area contributed by atoms with Gasteiger partial charge >= 0.3 is 5.69 Å². The highest BCUT2D eigenvalue weighted by atomic mass is 16.5. The third-order valence-corrected chi connectivity index (χ3v) is 2.93. The van der Waals surface area contributed by atoms with Crippen LogP contribution in [-0.4, -0.2) is 15.7 Å². The summed E-state index contributed by atoms with van der Waals surface area (Å²) < 4.78 is 8.26. The first-order valence-corrected chi connectivity index (χ1v) is 6.70. The second-order valence-corrected chi connectivity index (χ2v) is 4.44. The van der Waals surface area contributed by atoms with Gasteiger partial charge in [-0.3, -0.25) is 9.36 Å². The van der Waals surface area contributed by atoms with Gasteiger partial charge in [-0.05, 0) is 18.6 Å². The molecular weight excluding hydrogens is 256 g/mol. The molecule has 20 heavy (non-hydrogen) atoms. The number of nitrogens with zero attached hydrogens (tertiary/aromatic N) is 2. The Hall–Kier alpha value is -2.30. The van der Waals surface area contributed by atoms with E-state index in [0.29, 0.717) is 6.54 Å². The van der Waals surface area contributed by atoms with Crippen LogP contribution in [0, 0.1) is 0 Å². The van der Waals surface area contributed by atoms with Crippen molar-refractivity contribution in [1.29, 1.82) is 0 Å². The van der Waals surface area contributed by atoms with E-state index in [9.17, 15) is 9.59 Å². The molecule has 0 fully saturated rings. The maximum atomic E-state index is 12.1. The fourth-order valence-electron chi connectivity index (χ4n) is 1.95. The molecule has 0 aliphatic rings. The third-order valence-electron chi connectivity index (χ3n) is 2.93. The van der Waals surface area contributed by atoms with Gasteiger partial charge in [0, 0.05) is 18.8 Å². The molecule has 0 aliphatic carbocycles. The van der Waals surface area contributed by atoms with Crippen LogP contribution >= 0.6 is 0 Å². The first-order valence-electron chi connectivity index (χ1n) is 6.70. The predicted molar refractivity (Wildman–Crippen MR) is 77.2 cm³/mol. The van der Waals surface area contributed by atoms with Crippen molar-refractivity contribution in [3.05, 3.63) is 63.4 Å². The Labute approximate surface area is 117 Å². The first-order chi connectivity index (χ1) is 9.72. The van der Waals surface area contributed by atoms with Crippen molar-refractivity contribution < 1.29 is 4.74 Å². The van der Waals surface area contributed by atoms with Crippen molar-refractivity contribution in [2.45, 2.75) is 26.4 Å². The lowest BCUT2D eigenvalue weighted by Gasteiger charge is -2.10. The van der Waals surface area contributed by atoms with Crippen LogP contribution in [0.5, 0.6) is 5.75 Å². The summed E-state index contributed by atoms with van der Waals surface area (Å²) in [6, 6.07) is 10.7. The summed E-state index contributed by atoms with van der Waals surface area (Å²) in [5.41, 5.74) is -0.574. The highest BCUT2D eigenvalue weighted by Crippen LogP contribution is 2.07.